The summed E-state index contributed by atoms with van der Waals surface area (Å²) >= 11 is 1.41. The lowest BCUT2D eigenvalue weighted by Gasteiger charge is -2.20. The average molecular weight is 499 g/mol. The largest absolute Gasteiger partial charge is 0.494 e. The second kappa shape index (κ2) is 10.4. The van der Waals surface area contributed by atoms with Crippen LogP contribution in [-0.2, 0) is 16.4 Å². The Morgan fingerprint density at radius 3 is 2.76 bits per heavy atom. The molecule has 0 unspecified atom stereocenters. The molecule has 0 radical (unpaired) electrons. The number of carbonyl (C=O) groups is 1. The monoisotopic (exact) mass is 498 g/mol. The Labute approximate surface area is 202 Å². The van der Waals surface area contributed by atoms with Gasteiger partial charge in [-0.1, -0.05) is 24.3 Å². The molecular weight excluding hydrogens is 472 g/mol. The normalized spacial score (nSPS) is 11.6. The minimum atomic E-state index is -3.43. The van der Waals surface area contributed by atoms with Crippen LogP contribution in [0.15, 0.2) is 66.1 Å². The first kappa shape index (κ1) is 23.9. The Hall–Kier alpha value is -3.24. The van der Waals surface area contributed by atoms with Crippen LogP contribution in [0.1, 0.15) is 30.6 Å². The van der Waals surface area contributed by atoms with Gasteiger partial charge in [0.15, 0.2) is 15.0 Å². The molecule has 2 aromatic carbocycles. The zero-order chi connectivity index (χ0) is 24.1. The molecule has 0 saturated carbocycles. The maximum Gasteiger partial charge on any atom is 0.260 e. The number of aromatic nitrogens is 3. The first-order valence-electron chi connectivity index (χ1n) is 11.0. The first-order valence-corrected chi connectivity index (χ1v) is 13.5. The van der Waals surface area contributed by atoms with Gasteiger partial charge < -0.3 is 9.30 Å². The molecule has 2 aromatic heterocycles. The van der Waals surface area contributed by atoms with E-state index in [1.807, 2.05) is 35.9 Å². The number of anilines is 1. The fourth-order valence-corrected chi connectivity index (χ4v) is 5.47. The summed E-state index contributed by atoms with van der Waals surface area (Å²) < 4.78 is 33.2. The van der Waals surface area contributed by atoms with Crippen LogP contribution < -0.4 is 9.64 Å². The Bertz CT molecular complexity index is 1380. The molecule has 0 spiro atoms. The molecule has 8 nitrogen and oxygen atoms in total. The van der Waals surface area contributed by atoms with Gasteiger partial charge in [-0.3, -0.25) is 9.69 Å². The van der Waals surface area contributed by atoms with E-state index < -0.39 is 9.84 Å². The van der Waals surface area contributed by atoms with Crippen molar-refractivity contribution >= 4 is 42.4 Å². The lowest BCUT2D eigenvalue weighted by molar-refractivity contribution is 0.0986. The van der Waals surface area contributed by atoms with Crippen LogP contribution in [-0.4, -0.2) is 47.8 Å². The SMILES string of the molecule is CCOc1ccc2nc(N(CCCn3ccnc3)C(=O)c3cccc(S(=O)(=O)CC)c3)sc2c1. The molecule has 0 atom stereocenters. The number of hydrogen-bond donors (Lipinski definition) is 0. The van der Waals surface area contributed by atoms with Gasteiger partial charge in [0.25, 0.3) is 5.91 Å². The number of aryl methyl sites for hydroxylation is 1. The van der Waals surface area contributed by atoms with Crippen LogP contribution >= 0.6 is 11.3 Å². The number of imidazole rings is 1. The molecule has 0 fully saturated rings. The lowest BCUT2D eigenvalue weighted by atomic mass is 10.2. The highest BCUT2D eigenvalue weighted by Gasteiger charge is 2.23. The van der Waals surface area contributed by atoms with Crippen molar-refractivity contribution in [2.45, 2.75) is 31.7 Å². The van der Waals surface area contributed by atoms with E-state index in [0.717, 1.165) is 16.0 Å². The highest BCUT2D eigenvalue weighted by Crippen LogP contribution is 2.32. The molecule has 178 valence electrons. The van der Waals surface area contributed by atoms with E-state index in [0.29, 0.717) is 36.8 Å². The summed E-state index contributed by atoms with van der Waals surface area (Å²) in [5, 5.41) is 0.558. The third-order valence-electron chi connectivity index (χ3n) is 5.31. The van der Waals surface area contributed by atoms with E-state index in [9.17, 15) is 13.2 Å². The van der Waals surface area contributed by atoms with Crippen molar-refractivity contribution in [1.29, 1.82) is 0 Å². The summed E-state index contributed by atoms with van der Waals surface area (Å²) in [4.78, 5) is 24.1. The van der Waals surface area contributed by atoms with Gasteiger partial charge in [0.05, 0.1) is 33.8 Å². The summed E-state index contributed by atoms with van der Waals surface area (Å²) in [6, 6.07) is 11.9. The predicted molar refractivity (Wildman–Crippen MR) is 133 cm³/mol. The van der Waals surface area contributed by atoms with Crippen molar-refractivity contribution in [2.75, 3.05) is 23.8 Å². The van der Waals surface area contributed by atoms with Gasteiger partial charge in [0.1, 0.15) is 5.75 Å². The Balaban J connectivity index is 1.67. The zero-order valence-electron chi connectivity index (χ0n) is 19.0. The van der Waals surface area contributed by atoms with Crippen molar-refractivity contribution in [3.05, 3.63) is 66.7 Å². The van der Waals surface area contributed by atoms with Crippen LogP contribution in [0.2, 0.25) is 0 Å². The summed E-state index contributed by atoms with van der Waals surface area (Å²) in [6.45, 7) is 5.18. The quantitative estimate of drug-likeness (QED) is 0.321. The van der Waals surface area contributed by atoms with E-state index in [1.165, 1.54) is 23.5 Å². The fraction of sp³-hybridized carbons (Fsp3) is 0.292. The highest BCUT2D eigenvalue weighted by molar-refractivity contribution is 7.91. The molecule has 0 aliphatic heterocycles. The van der Waals surface area contributed by atoms with Gasteiger partial charge >= 0.3 is 0 Å². The van der Waals surface area contributed by atoms with Crippen LogP contribution in [0.5, 0.6) is 5.75 Å². The standard InChI is InChI=1S/C24H26N4O4S2/c1-3-32-19-9-10-21-22(16-19)33-24(26-21)28(13-6-12-27-14-11-25-17-27)23(29)18-7-5-8-20(15-18)34(30,31)4-2/h5,7-11,14-17H,3-4,6,12-13H2,1-2H3. The Kier molecular flexibility index (Phi) is 7.28. The molecule has 0 saturated heterocycles. The van der Waals surface area contributed by atoms with Crippen molar-refractivity contribution < 1.29 is 17.9 Å². The molecule has 2 heterocycles. The van der Waals surface area contributed by atoms with E-state index in [2.05, 4.69) is 4.98 Å². The fourth-order valence-electron chi connectivity index (χ4n) is 3.52. The lowest BCUT2D eigenvalue weighted by Crippen LogP contribution is -2.32. The van der Waals surface area contributed by atoms with E-state index in [1.54, 1.807) is 36.5 Å². The number of rotatable bonds is 10. The van der Waals surface area contributed by atoms with Gasteiger partial charge in [-0.15, -0.1) is 0 Å². The molecule has 10 heteroatoms. The van der Waals surface area contributed by atoms with Gasteiger partial charge in [0, 0.05) is 31.0 Å². The second-order valence-electron chi connectivity index (χ2n) is 7.60. The van der Waals surface area contributed by atoms with Gasteiger partial charge in [-0.25, -0.2) is 18.4 Å². The highest BCUT2D eigenvalue weighted by atomic mass is 32.2. The molecule has 34 heavy (non-hydrogen) atoms. The number of carbonyl (C=O) groups excluding carboxylic acids is 1. The van der Waals surface area contributed by atoms with Crippen molar-refractivity contribution in [1.82, 2.24) is 14.5 Å². The van der Waals surface area contributed by atoms with Crippen LogP contribution in [0.4, 0.5) is 5.13 Å². The van der Waals surface area contributed by atoms with Gasteiger partial charge in [-0.05, 0) is 49.7 Å². The average Bonchev–Trinajstić information content (AvgIpc) is 3.51. The predicted octanol–water partition coefficient (Wildman–Crippen LogP) is 4.42. The minimum absolute atomic E-state index is 0.0285. The van der Waals surface area contributed by atoms with Gasteiger partial charge in [0.2, 0.25) is 0 Å². The Morgan fingerprint density at radius 1 is 1.18 bits per heavy atom. The van der Waals surface area contributed by atoms with E-state index in [4.69, 9.17) is 9.72 Å². The van der Waals surface area contributed by atoms with Crippen LogP contribution in [0.25, 0.3) is 10.2 Å². The van der Waals surface area contributed by atoms with Crippen molar-refractivity contribution in [3.8, 4) is 5.75 Å². The number of nitrogens with zero attached hydrogens (tertiary/aromatic N) is 4. The molecule has 0 aliphatic rings. The maximum atomic E-state index is 13.6. The summed E-state index contributed by atoms with van der Waals surface area (Å²) in [5.41, 5.74) is 1.09. The third-order valence-corrected chi connectivity index (χ3v) is 8.09. The number of benzene rings is 2. The molecular formula is C24H26N4O4S2. The van der Waals surface area contributed by atoms with Gasteiger partial charge in [-0.2, -0.15) is 0 Å². The Morgan fingerprint density at radius 2 is 2.03 bits per heavy atom. The molecule has 1 amide bonds. The summed E-state index contributed by atoms with van der Waals surface area (Å²) in [7, 11) is -3.43. The second-order valence-corrected chi connectivity index (χ2v) is 10.9. The zero-order valence-corrected chi connectivity index (χ0v) is 20.7. The number of sulfone groups is 1. The van der Waals surface area contributed by atoms with E-state index >= 15 is 0 Å². The van der Waals surface area contributed by atoms with Crippen LogP contribution in [0.3, 0.4) is 0 Å². The topological polar surface area (TPSA) is 94.4 Å². The molecule has 0 N–H and O–H groups in total. The number of fused-ring (bicyclic) bond motifs is 1. The number of amides is 1. The van der Waals surface area contributed by atoms with E-state index in [-0.39, 0.29) is 16.6 Å². The molecule has 4 aromatic rings. The van der Waals surface area contributed by atoms with Crippen molar-refractivity contribution in [3.63, 3.8) is 0 Å². The third kappa shape index (κ3) is 5.28. The van der Waals surface area contributed by atoms with Crippen LogP contribution in [0, 0.1) is 0 Å². The maximum absolute atomic E-state index is 13.6. The number of thiazole rings is 1. The first-order chi connectivity index (χ1) is 16.4. The number of ether oxygens (including phenoxy) is 1. The smallest absolute Gasteiger partial charge is 0.260 e. The molecule has 0 aliphatic carbocycles. The molecule has 4 rings (SSSR count). The van der Waals surface area contributed by atoms with Crippen molar-refractivity contribution in [2.24, 2.45) is 0 Å². The number of hydrogen-bond acceptors (Lipinski definition) is 7. The molecule has 0 bridgehead atoms. The minimum Gasteiger partial charge on any atom is -0.494 e. The summed E-state index contributed by atoms with van der Waals surface area (Å²) in [5.74, 6) is 0.433. The summed E-state index contributed by atoms with van der Waals surface area (Å²) in [6.07, 6.45) is 6.00.